The first kappa shape index (κ1) is 16.7. The second-order valence-corrected chi connectivity index (χ2v) is 6.47. The van der Waals surface area contributed by atoms with Crippen LogP contribution in [0.2, 0.25) is 0 Å². The number of carbonyl (C=O) groups is 2. The van der Waals surface area contributed by atoms with Crippen molar-refractivity contribution in [1.82, 2.24) is 15.5 Å². The fourth-order valence-electron chi connectivity index (χ4n) is 3.03. The van der Waals surface area contributed by atoms with E-state index in [1.54, 1.807) is 0 Å². The van der Waals surface area contributed by atoms with Gasteiger partial charge in [-0.25, -0.2) is 13.6 Å². The highest BCUT2D eigenvalue weighted by molar-refractivity contribution is 5.79. The van der Waals surface area contributed by atoms with Gasteiger partial charge in [0, 0.05) is 38.0 Å². The summed E-state index contributed by atoms with van der Waals surface area (Å²) in [5, 5.41) is 5.36. The molecule has 1 aromatic carbocycles. The van der Waals surface area contributed by atoms with Crippen LogP contribution >= 0.6 is 0 Å². The zero-order valence-electron chi connectivity index (χ0n) is 13.4. The Morgan fingerprint density at radius 1 is 1.25 bits per heavy atom. The van der Waals surface area contributed by atoms with Gasteiger partial charge in [0.2, 0.25) is 5.91 Å². The van der Waals surface area contributed by atoms with Crippen LogP contribution in [-0.2, 0) is 11.2 Å². The van der Waals surface area contributed by atoms with Crippen LogP contribution in [0.5, 0.6) is 0 Å². The summed E-state index contributed by atoms with van der Waals surface area (Å²) in [6.07, 6.45) is 2.87. The summed E-state index contributed by atoms with van der Waals surface area (Å²) >= 11 is 0. The Labute approximate surface area is 139 Å². The first-order valence-corrected chi connectivity index (χ1v) is 8.28. The van der Waals surface area contributed by atoms with Gasteiger partial charge in [-0.1, -0.05) is 0 Å². The molecule has 1 heterocycles. The van der Waals surface area contributed by atoms with Crippen molar-refractivity contribution in [2.24, 2.45) is 5.92 Å². The second-order valence-electron chi connectivity index (χ2n) is 6.47. The molecule has 3 rings (SSSR count). The van der Waals surface area contributed by atoms with E-state index in [1.165, 1.54) is 0 Å². The molecular weight excluding hydrogens is 316 g/mol. The molecule has 1 aromatic rings. The van der Waals surface area contributed by atoms with E-state index in [1.807, 2.05) is 4.90 Å². The van der Waals surface area contributed by atoms with E-state index in [9.17, 15) is 18.4 Å². The summed E-state index contributed by atoms with van der Waals surface area (Å²) in [6.45, 7) is 1.36. The van der Waals surface area contributed by atoms with Crippen molar-refractivity contribution in [3.8, 4) is 0 Å². The first-order valence-electron chi connectivity index (χ1n) is 8.28. The van der Waals surface area contributed by atoms with Gasteiger partial charge in [-0.3, -0.25) is 4.79 Å². The van der Waals surface area contributed by atoms with Gasteiger partial charge in [0.1, 0.15) is 11.6 Å². The molecule has 0 bridgehead atoms. The summed E-state index contributed by atoms with van der Waals surface area (Å²) in [5.74, 6) is -0.666. The third-order valence-corrected chi connectivity index (χ3v) is 4.47. The molecule has 1 aliphatic heterocycles. The molecule has 5 nitrogen and oxygen atoms in total. The van der Waals surface area contributed by atoms with Crippen molar-refractivity contribution in [2.75, 3.05) is 19.6 Å². The van der Waals surface area contributed by atoms with Crippen molar-refractivity contribution in [2.45, 2.75) is 31.7 Å². The summed E-state index contributed by atoms with van der Waals surface area (Å²) in [6, 6.07) is 3.33. The number of nitrogens with zero attached hydrogens (tertiary/aromatic N) is 1. The molecule has 2 aliphatic rings. The van der Waals surface area contributed by atoms with Crippen molar-refractivity contribution in [3.05, 3.63) is 35.4 Å². The number of urea groups is 1. The molecule has 0 spiro atoms. The van der Waals surface area contributed by atoms with Gasteiger partial charge in [-0.05, 0) is 43.0 Å². The average Bonchev–Trinajstić information content (AvgIpc) is 3.32. The van der Waals surface area contributed by atoms with Gasteiger partial charge in [0.15, 0.2) is 0 Å². The molecule has 2 N–H and O–H groups in total. The fraction of sp³-hybridized carbons (Fsp3) is 0.529. The number of halogens is 2. The van der Waals surface area contributed by atoms with E-state index in [0.717, 1.165) is 31.0 Å². The zero-order valence-corrected chi connectivity index (χ0v) is 13.4. The highest BCUT2D eigenvalue weighted by Gasteiger charge is 2.39. The smallest absolute Gasteiger partial charge is 0.314 e. The number of likely N-dealkylation sites (tertiary alicyclic amines) is 1. The molecule has 1 aliphatic carbocycles. The lowest BCUT2D eigenvalue weighted by atomic mass is 10.1. The molecule has 7 heteroatoms. The van der Waals surface area contributed by atoms with Gasteiger partial charge >= 0.3 is 6.03 Å². The molecule has 1 saturated heterocycles. The molecule has 0 aromatic heterocycles. The van der Waals surface area contributed by atoms with E-state index in [0.29, 0.717) is 25.6 Å². The highest BCUT2D eigenvalue weighted by atomic mass is 19.1. The van der Waals surface area contributed by atoms with Crippen LogP contribution in [0, 0.1) is 17.6 Å². The monoisotopic (exact) mass is 337 g/mol. The number of carbonyl (C=O) groups excluding carboxylic acids is 2. The maximum Gasteiger partial charge on any atom is 0.314 e. The van der Waals surface area contributed by atoms with E-state index in [4.69, 9.17) is 0 Å². The van der Waals surface area contributed by atoms with Crippen LogP contribution in [0.1, 0.15) is 24.8 Å². The van der Waals surface area contributed by atoms with E-state index >= 15 is 0 Å². The number of amides is 3. The SMILES string of the molecule is O=C(NCCc1cc(F)ccc1F)NC[C@H]1CC(=O)N(C2CC2)C1. The molecule has 130 valence electrons. The molecule has 0 radical (unpaired) electrons. The zero-order chi connectivity index (χ0) is 17.1. The third kappa shape index (κ3) is 4.21. The molecule has 1 atom stereocenters. The second kappa shape index (κ2) is 7.15. The lowest BCUT2D eigenvalue weighted by molar-refractivity contribution is -0.128. The van der Waals surface area contributed by atoms with Crippen molar-refractivity contribution in [3.63, 3.8) is 0 Å². The lowest BCUT2D eigenvalue weighted by Gasteiger charge is -2.15. The minimum atomic E-state index is -0.498. The van der Waals surface area contributed by atoms with Gasteiger partial charge in [-0.15, -0.1) is 0 Å². The predicted molar refractivity (Wildman–Crippen MR) is 84.3 cm³/mol. The molecule has 24 heavy (non-hydrogen) atoms. The lowest BCUT2D eigenvalue weighted by Crippen LogP contribution is -2.39. The Bertz CT molecular complexity index is 634. The molecule has 3 amide bonds. The average molecular weight is 337 g/mol. The largest absolute Gasteiger partial charge is 0.339 e. The number of benzene rings is 1. The van der Waals surface area contributed by atoms with Crippen molar-refractivity contribution < 1.29 is 18.4 Å². The standard InChI is InChI=1S/C17H21F2N3O2/c18-13-1-4-15(19)12(8-13)5-6-20-17(24)21-9-11-7-16(23)22(10-11)14-2-3-14/h1,4,8,11,14H,2-3,5-7,9-10H2,(H2,20,21,24)/t11-/m1/s1. The Morgan fingerprint density at radius 2 is 2.04 bits per heavy atom. The fourth-order valence-corrected chi connectivity index (χ4v) is 3.03. The highest BCUT2D eigenvalue weighted by Crippen LogP contribution is 2.32. The minimum absolute atomic E-state index is 0.143. The van der Waals surface area contributed by atoms with Gasteiger partial charge < -0.3 is 15.5 Å². The van der Waals surface area contributed by atoms with Gasteiger partial charge in [-0.2, -0.15) is 0 Å². The number of nitrogens with one attached hydrogen (secondary N) is 2. The summed E-state index contributed by atoms with van der Waals surface area (Å²) in [5.41, 5.74) is 0.233. The van der Waals surface area contributed by atoms with Crippen LogP contribution in [-0.4, -0.2) is 42.5 Å². The Balaban J connectivity index is 1.36. The van der Waals surface area contributed by atoms with Gasteiger partial charge in [0.05, 0.1) is 0 Å². The van der Waals surface area contributed by atoms with E-state index in [-0.39, 0.29) is 36.4 Å². The molecule has 0 unspecified atom stereocenters. The first-order chi connectivity index (χ1) is 11.5. The van der Waals surface area contributed by atoms with Crippen molar-refractivity contribution in [1.29, 1.82) is 0 Å². The third-order valence-electron chi connectivity index (χ3n) is 4.47. The Morgan fingerprint density at radius 3 is 2.79 bits per heavy atom. The maximum absolute atomic E-state index is 13.5. The Kier molecular flexibility index (Phi) is 4.97. The predicted octanol–water partition coefficient (Wildman–Crippen LogP) is 1.82. The summed E-state index contributed by atoms with van der Waals surface area (Å²) < 4.78 is 26.5. The van der Waals surface area contributed by atoms with Crippen LogP contribution < -0.4 is 10.6 Å². The minimum Gasteiger partial charge on any atom is -0.339 e. The van der Waals surface area contributed by atoms with Crippen LogP contribution in [0.25, 0.3) is 0 Å². The van der Waals surface area contributed by atoms with Crippen molar-refractivity contribution >= 4 is 11.9 Å². The maximum atomic E-state index is 13.5. The quantitative estimate of drug-likeness (QED) is 0.832. The summed E-state index contributed by atoms with van der Waals surface area (Å²) in [4.78, 5) is 25.5. The topological polar surface area (TPSA) is 61.4 Å². The number of hydrogen-bond donors (Lipinski definition) is 2. The van der Waals surface area contributed by atoms with Crippen LogP contribution in [0.15, 0.2) is 18.2 Å². The number of hydrogen-bond acceptors (Lipinski definition) is 2. The van der Waals surface area contributed by atoms with Crippen LogP contribution in [0.3, 0.4) is 0 Å². The normalized spacial score (nSPS) is 20.3. The van der Waals surface area contributed by atoms with Crippen LogP contribution in [0.4, 0.5) is 13.6 Å². The Hall–Kier alpha value is -2.18. The molecule has 1 saturated carbocycles. The van der Waals surface area contributed by atoms with E-state index in [2.05, 4.69) is 10.6 Å². The molecule has 2 fully saturated rings. The number of rotatable bonds is 6. The summed E-state index contributed by atoms with van der Waals surface area (Å²) in [7, 11) is 0. The van der Waals surface area contributed by atoms with E-state index < -0.39 is 11.6 Å². The molecular formula is C17H21F2N3O2. The van der Waals surface area contributed by atoms with Gasteiger partial charge in [0.25, 0.3) is 0 Å².